The first-order chi connectivity index (χ1) is 7.69. The lowest BCUT2D eigenvalue weighted by molar-refractivity contribution is -0.177. The first-order valence-electron chi connectivity index (χ1n) is 4.58. The summed E-state index contributed by atoms with van der Waals surface area (Å²) in [6.07, 6.45) is 0. The molecule has 0 radical (unpaired) electrons. The molecule has 0 heterocycles. The lowest BCUT2D eigenvalue weighted by Crippen LogP contribution is -2.38. The molecular formula is C10H12F2O5. The van der Waals surface area contributed by atoms with Crippen LogP contribution in [0.3, 0.4) is 0 Å². The van der Waals surface area contributed by atoms with Gasteiger partial charge in [-0.25, -0.2) is 9.59 Å². The summed E-state index contributed by atoms with van der Waals surface area (Å²) >= 11 is 0. The summed E-state index contributed by atoms with van der Waals surface area (Å²) in [4.78, 5) is 32.0. The van der Waals surface area contributed by atoms with Gasteiger partial charge in [-0.1, -0.05) is 6.58 Å². The van der Waals surface area contributed by atoms with Gasteiger partial charge < -0.3 is 9.47 Å². The van der Waals surface area contributed by atoms with Crippen molar-refractivity contribution in [1.82, 2.24) is 0 Å². The first-order valence-corrected chi connectivity index (χ1v) is 4.58. The molecule has 0 fully saturated rings. The summed E-state index contributed by atoms with van der Waals surface area (Å²) < 4.78 is 34.0. The highest BCUT2D eigenvalue weighted by Crippen LogP contribution is 2.16. The molecule has 17 heavy (non-hydrogen) atoms. The largest absolute Gasteiger partial charge is 0.459 e. The van der Waals surface area contributed by atoms with Crippen LogP contribution in [0, 0.1) is 0 Å². The Hall–Kier alpha value is -1.79. The zero-order chi connectivity index (χ0) is 13.6. The number of ketones is 1. The maximum absolute atomic E-state index is 12.7. The topological polar surface area (TPSA) is 69.7 Å². The number of hydrogen-bond donors (Lipinski definition) is 0. The number of halogens is 2. The Balaban J connectivity index is 3.99. The van der Waals surface area contributed by atoms with E-state index in [9.17, 15) is 23.2 Å². The number of hydrogen-bond acceptors (Lipinski definition) is 5. The molecule has 96 valence electrons. The van der Waals surface area contributed by atoms with E-state index < -0.39 is 30.3 Å². The van der Waals surface area contributed by atoms with Gasteiger partial charge in [0.25, 0.3) is 0 Å². The summed E-state index contributed by atoms with van der Waals surface area (Å²) in [6.45, 7) is 4.32. The van der Waals surface area contributed by atoms with Crippen LogP contribution >= 0.6 is 0 Å². The lowest BCUT2D eigenvalue weighted by Gasteiger charge is -2.11. The molecule has 0 saturated heterocycles. The molecule has 0 aromatic rings. The van der Waals surface area contributed by atoms with Crippen molar-refractivity contribution in [1.29, 1.82) is 0 Å². The van der Waals surface area contributed by atoms with Crippen molar-refractivity contribution in [3.8, 4) is 0 Å². The molecule has 0 aromatic carbocycles. The minimum atomic E-state index is -4.17. The molecule has 0 aliphatic rings. The third kappa shape index (κ3) is 4.71. The number of esters is 2. The highest BCUT2D eigenvalue weighted by atomic mass is 19.3. The highest BCUT2D eigenvalue weighted by molar-refractivity contribution is 6.04. The van der Waals surface area contributed by atoms with Crippen LogP contribution in [0.2, 0.25) is 0 Å². The number of rotatable bonds is 6. The molecule has 0 saturated carbocycles. The molecule has 0 unspecified atom stereocenters. The van der Waals surface area contributed by atoms with Crippen LogP contribution in [0.15, 0.2) is 12.2 Å². The first kappa shape index (κ1) is 15.2. The SMILES string of the molecule is C=C(C)C(=O)OCCOC(=O)C(F)(F)C(C)=O. The average molecular weight is 250 g/mol. The third-order valence-electron chi connectivity index (χ3n) is 1.60. The monoisotopic (exact) mass is 250 g/mol. The van der Waals surface area contributed by atoms with Gasteiger partial charge in [0.2, 0.25) is 5.78 Å². The van der Waals surface area contributed by atoms with Crippen LogP contribution in [0.4, 0.5) is 8.78 Å². The van der Waals surface area contributed by atoms with Crippen molar-refractivity contribution in [3.05, 3.63) is 12.2 Å². The Labute approximate surface area is 96.4 Å². The van der Waals surface area contributed by atoms with Gasteiger partial charge in [0.1, 0.15) is 13.2 Å². The van der Waals surface area contributed by atoms with E-state index in [-0.39, 0.29) is 12.2 Å². The van der Waals surface area contributed by atoms with Crippen molar-refractivity contribution in [2.75, 3.05) is 13.2 Å². The Bertz CT molecular complexity index is 349. The van der Waals surface area contributed by atoms with Crippen LogP contribution in [-0.4, -0.2) is 36.9 Å². The molecule has 0 rings (SSSR count). The Kier molecular flexibility index (Phi) is 5.43. The molecular weight excluding hydrogens is 238 g/mol. The predicted octanol–water partition coefficient (Wildman–Crippen LogP) is 0.873. The van der Waals surface area contributed by atoms with Crippen LogP contribution in [-0.2, 0) is 23.9 Å². The van der Waals surface area contributed by atoms with E-state index in [4.69, 9.17) is 0 Å². The van der Waals surface area contributed by atoms with Crippen LogP contribution < -0.4 is 0 Å². The number of ether oxygens (including phenoxy) is 2. The fraction of sp³-hybridized carbons (Fsp3) is 0.500. The van der Waals surface area contributed by atoms with Crippen molar-refractivity contribution in [2.24, 2.45) is 0 Å². The fourth-order valence-electron chi connectivity index (χ4n) is 0.626. The van der Waals surface area contributed by atoms with Crippen molar-refractivity contribution >= 4 is 17.7 Å². The van der Waals surface area contributed by atoms with Gasteiger partial charge in [-0.15, -0.1) is 0 Å². The molecule has 7 heteroatoms. The molecule has 0 aliphatic heterocycles. The van der Waals surface area contributed by atoms with Gasteiger partial charge in [0.05, 0.1) is 0 Å². The van der Waals surface area contributed by atoms with E-state index in [0.717, 1.165) is 0 Å². The second kappa shape index (κ2) is 6.07. The van der Waals surface area contributed by atoms with Gasteiger partial charge in [-0.2, -0.15) is 8.78 Å². The van der Waals surface area contributed by atoms with Gasteiger partial charge in [-0.05, 0) is 6.92 Å². The normalized spacial score (nSPS) is 10.6. The van der Waals surface area contributed by atoms with Crippen LogP contribution in [0.5, 0.6) is 0 Å². The second-order valence-corrected chi connectivity index (χ2v) is 3.18. The van der Waals surface area contributed by atoms with E-state index in [1.807, 2.05) is 0 Å². The second-order valence-electron chi connectivity index (χ2n) is 3.18. The molecule has 0 N–H and O–H groups in total. The number of Topliss-reactive ketones (excluding diaryl/α,β-unsaturated/α-hetero) is 1. The van der Waals surface area contributed by atoms with E-state index in [1.165, 1.54) is 6.92 Å². The van der Waals surface area contributed by atoms with Gasteiger partial charge in [0.15, 0.2) is 0 Å². The minimum Gasteiger partial charge on any atom is -0.459 e. The van der Waals surface area contributed by atoms with Crippen LogP contribution in [0.25, 0.3) is 0 Å². The zero-order valence-corrected chi connectivity index (χ0v) is 9.42. The maximum atomic E-state index is 12.7. The average Bonchev–Trinajstić information content (AvgIpc) is 2.22. The van der Waals surface area contributed by atoms with Crippen molar-refractivity contribution < 1.29 is 32.6 Å². The van der Waals surface area contributed by atoms with E-state index in [0.29, 0.717) is 6.92 Å². The molecule has 0 spiro atoms. The molecule has 0 aliphatic carbocycles. The quantitative estimate of drug-likeness (QED) is 0.303. The summed E-state index contributed by atoms with van der Waals surface area (Å²) in [7, 11) is 0. The smallest absolute Gasteiger partial charge is 0.399 e. The Morgan fingerprint density at radius 2 is 1.59 bits per heavy atom. The highest BCUT2D eigenvalue weighted by Gasteiger charge is 2.46. The summed E-state index contributed by atoms with van der Waals surface area (Å²) in [5.41, 5.74) is 0.130. The van der Waals surface area contributed by atoms with Crippen molar-refractivity contribution in [3.63, 3.8) is 0 Å². The summed E-state index contributed by atoms with van der Waals surface area (Å²) in [5, 5.41) is 0. The van der Waals surface area contributed by atoms with Gasteiger partial charge in [0, 0.05) is 12.5 Å². The number of alkyl halides is 2. The summed E-state index contributed by atoms with van der Waals surface area (Å²) in [5.74, 6) is -8.46. The molecule has 5 nitrogen and oxygen atoms in total. The van der Waals surface area contributed by atoms with Gasteiger partial charge in [-0.3, -0.25) is 4.79 Å². The fourth-order valence-corrected chi connectivity index (χ4v) is 0.626. The zero-order valence-electron chi connectivity index (χ0n) is 9.42. The van der Waals surface area contributed by atoms with Crippen molar-refractivity contribution in [2.45, 2.75) is 19.8 Å². The molecule has 0 bridgehead atoms. The Morgan fingerprint density at radius 1 is 1.12 bits per heavy atom. The molecule has 0 amide bonds. The maximum Gasteiger partial charge on any atom is 0.399 e. The standard InChI is InChI=1S/C10H12F2O5/c1-6(2)8(14)16-4-5-17-9(15)10(11,12)7(3)13/h1,4-5H2,2-3H3. The van der Waals surface area contributed by atoms with Gasteiger partial charge >= 0.3 is 17.9 Å². The van der Waals surface area contributed by atoms with Crippen LogP contribution in [0.1, 0.15) is 13.8 Å². The summed E-state index contributed by atoms with van der Waals surface area (Å²) in [6, 6.07) is 0. The van der Waals surface area contributed by atoms with E-state index >= 15 is 0 Å². The lowest BCUT2D eigenvalue weighted by atomic mass is 10.2. The minimum absolute atomic E-state index is 0.130. The Morgan fingerprint density at radius 3 is 2.00 bits per heavy atom. The third-order valence-corrected chi connectivity index (χ3v) is 1.60. The molecule has 0 aromatic heterocycles. The van der Waals surface area contributed by atoms with E-state index in [1.54, 1.807) is 0 Å². The number of carbonyl (C=O) groups excluding carboxylic acids is 3. The van der Waals surface area contributed by atoms with E-state index in [2.05, 4.69) is 16.1 Å². The number of carbonyl (C=O) groups is 3. The molecule has 0 atom stereocenters. The predicted molar refractivity (Wildman–Crippen MR) is 52.4 cm³/mol.